The van der Waals surface area contributed by atoms with E-state index in [2.05, 4.69) is 15.3 Å². The van der Waals surface area contributed by atoms with Gasteiger partial charge in [0, 0.05) is 24.1 Å². The Labute approximate surface area is 156 Å². The van der Waals surface area contributed by atoms with E-state index in [-0.39, 0.29) is 10.8 Å². The predicted molar refractivity (Wildman–Crippen MR) is 104 cm³/mol. The summed E-state index contributed by atoms with van der Waals surface area (Å²) in [4.78, 5) is 19.9. The number of benzene rings is 2. The van der Waals surface area contributed by atoms with E-state index in [0.29, 0.717) is 12.1 Å². The zero-order chi connectivity index (χ0) is 18.6. The second-order valence-corrected chi connectivity index (χ2v) is 8.96. The molecule has 1 amide bonds. The van der Waals surface area contributed by atoms with Crippen LogP contribution in [0.25, 0.3) is 11.0 Å². The summed E-state index contributed by atoms with van der Waals surface area (Å²) in [5.74, 6) is 0.683. The highest BCUT2D eigenvalue weighted by atomic mass is 32.2. The molecule has 0 fully saturated rings. The van der Waals surface area contributed by atoms with Crippen LogP contribution in [-0.4, -0.2) is 36.3 Å². The van der Waals surface area contributed by atoms with Crippen LogP contribution in [-0.2, 0) is 14.6 Å². The second kappa shape index (κ2) is 7.92. The molecule has 2 N–H and O–H groups in total. The molecular weight excluding hydrogens is 370 g/mol. The number of nitrogens with zero attached hydrogens (tertiary/aromatic N) is 1. The van der Waals surface area contributed by atoms with Crippen molar-refractivity contribution >= 4 is 44.2 Å². The molecule has 26 heavy (non-hydrogen) atoms. The molecule has 3 aromatic rings. The van der Waals surface area contributed by atoms with Crippen molar-refractivity contribution in [2.24, 2.45) is 0 Å². The molecule has 1 aromatic heterocycles. The first kappa shape index (κ1) is 18.5. The molecule has 0 aliphatic carbocycles. The molecule has 136 valence electrons. The first-order chi connectivity index (χ1) is 12.4. The van der Waals surface area contributed by atoms with Crippen LogP contribution in [0.15, 0.2) is 58.6 Å². The number of aromatic nitrogens is 2. The lowest BCUT2D eigenvalue weighted by Gasteiger charge is -2.06. The summed E-state index contributed by atoms with van der Waals surface area (Å²) in [5.41, 5.74) is 2.53. The number of H-pyrrole nitrogens is 1. The van der Waals surface area contributed by atoms with Crippen LogP contribution >= 0.6 is 11.8 Å². The van der Waals surface area contributed by atoms with Gasteiger partial charge in [-0.15, -0.1) is 0 Å². The molecule has 2 aromatic carbocycles. The quantitative estimate of drug-likeness (QED) is 0.477. The van der Waals surface area contributed by atoms with Crippen LogP contribution in [0.3, 0.4) is 0 Å². The van der Waals surface area contributed by atoms with Crippen LogP contribution in [0.4, 0.5) is 5.69 Å². The number of carbonyl (C=O) groups is 1. The number of sulfone groups is 1. The lowest BCUT2D eigenvalue weighted by molar-refractivity contribution is -0.116. The van der Waals surface area contributed by atoms with Gasteiger partial charge in [0.15, 0.2) is 15.0 Å². The molecule has 1 heterocycles. The minimum Gasteiger partial charge on any atom is -0.333 e. The highest BCUT2D eigenvalue weighted by molar-refractivity contribution is 7.99. The summed E-state index contributed by atoms with van der Waals surface area (Å²) >= 11 is 1.59. The third-order valence-corrected chi connectivity index (χ3v) is 5.81. The van der Waals surface area contributed by atoms with Gasteiger partial charge in [0.1, 0.15) is 0 Å². The lowest BCUT2D eigenvalue weighted by Crippen LogP contribution is -2.11. The van der Waals surface area contributed by atoms with Crippen molar-refractivity contribution in [1.29, 1.82) is 0 Å². The maximum Gasteiger partial charge on any atom is 0.224 e. The maximum absolute atomic E-state index is 12.0. The number of anilines is 1. The fourth-order valence-corrected chi connectivity index (χ4v) is 3.87. The van der Waals surface area contributed by atoms with E-state index in [9.17, 15) is 13.2 Å². The van der Waals surface area contributed by atoms with Crippen LogP contribution in [0.5, 0.6) is 0 Å². The summed E-state index contributed by atoms with van der Waals surface area (Å²) in [6.07, 6.45) is 2.26. The van der Waals surface area contributed by atoms with Gasteiger partial charge in [-0.3, -0.25) is 4.79 Å². The largest absolute Gasteiger partial charge is 0.333 e. The third-order valence-electron chi connectivity index (χ3n) is 3.72. The number of nitrogens with one attached hydrogen (secondary N) is 2. The Hall–Kier alpha value is -2.32. The molecule has 0 spiro atoms. The number of hydrogen-bond acceptors (Lipinski definition) is 5. The standard InChI is InChI=1S/C18H19N3O3S2/c1-26(23,24)14-10-8-13(9-11-14)19-17(22)7-4-12-25-18-20-15-5-2-3-6-16(15)21-18/h2-3,5-6,8-11H,4,7,12H2,1H3,(H,19,22)(H,20,21). The average Bonchev–Trinajstić information content (AvgIpc) is 3.01. The monoisotopic (exact) mass is 389 g/mol. The van der Waals surface area contributed by atoms with Gasteiger partial charge < -0.3 is 10.3 Å². The molecule has 0 atom stereocenters. The molecular formula is C18H19N3O3S2. The Balaban J connectivity index is 1.44. The summed E-state index contributed by atoms with van der Waals surface area (Å²) in [6, 6.07) is 14.0. The number of amides is 1. The van der Waals surface area contributed by atoms with Gasteiger partial charge in [-0.1, -0.05) is 23.9 Å². The second-order valence-electron chi connectivity index (χ2n) is 5.86. The fraction of sp³-hybridized carbons (Fsp3) is 0.222. The first-order valence-corrected chi connectivity index (χ1v) is 11.0. The van der Waals surface area contributed by atoms with Gasteiger partial charge in [0.2, 0.25) is 5.91 Å². The van der Waals surface area contributed by atoms with E-state index in [1.54, 1.807) is 23.9 Å². The molecule has 0 unspecified atom stereocenters. The SMILES string of the molecule is CS(=O)(=O)c1ccc(NC(=O)CCCSc2nc3ccccc3[nH]2)cc1. The fourth-order valence-electron chi connectivity index (χ4n) is 2.41. The average molecular weight is 390 g/mol. The van der Waals surface area contributed by atoms with Gasteiger partial charge in [-0.05, 0) is 42.8 Å². The molecule has 6 nitrogen and oxygen atoms in total. The molecule has 0 bridgehead atoms. The molecule has 0 radical (unpaired) electrons. The van der Waals surface area contributed by atoms with Crippen molar-refractivity contribution in [1.82, 2.24) is 9.97 Å². The predicted octanol–water partition coefficient (Wildman–Crippen LogP) is 3.48. The lowest BCUT2D eigenvalue weighted by atomic mass is 10.3. The number of fused-ring (bicyclic) bond motifs is 1. The number of carbonyl (C=O) groups excluding carboxylic acids is 1. The van der Waals surface area contributed by atoms with Crippen molar-refractivity contribution in [2.75, 3.05) is 17.3 Å². The number of rotatable bonds is 7. The van der Waals surface area contributed by atoms with Crippen molar-refractivity contribution in [3.63, 3.8) is 0 Å². The number of para-hydroxylation sites is 2. The molecule has 0 aliphatic heterocycles. The zero-order valence-electron chi connectivity index (χ0n) is 14.2. The van der Waals surface area contributed by atoms with Crippen LogP contribution in [0, 0.1) is 0 Å². The van der Waals surface area contributed by atoms with Crippen LogP contribution < -0.4 is 5.32 Å². The first-order valence-electron chi connectivity index (χ1n) is 8.09. The van der Waals surface area contributed by atoms with Crippen molar-refractivity contribution < 1.29 is 13.2 Å². The van der Waals surface area contributed by atoms with E-state index >= 15 is 0 Å². The zero-order valence-corrected chi connectivity index (χ0v) is 15.9. The number of imidazole rings is 1. The Bertz CT molecular complexity index is 979. The van der Waals surface area contributed by atoms with E-state index in [1.165, 1.54) is 12.1 Å². The Morgan fingerprint density at radius 2 is 1.88 bits per heavy atom. The summed E-state index contributed by atoms with van der Waals surface area (Å²) in [5, 5.41) is 3.62. The van der Waals surface area contributed by atoms with Gasteiger partial charge >= 0.3 is 0 Å². The van der Waals surface area contributed by atoms with Gasteiger partial charge in [-0.2, -0.15) is 0 Å². The Kier molecular flexibility index (Phi) is 5.63. The molecule has 0 saturated carbocycles. The molecule has 0 saturated heterocycles. The normalized spacial score (nSPS) is 11.6. The summed E-state index contributed by atoms with van der Waals surface area (Å²) in [6.45, 7) is 0. The number of aromatic amines is 1. The summed E-state index contributed by atoms with van der Waals surface area (Å²) < 4.78 is 22.8. The smallest absolute Gasteiger partial charge is 0.224 e. The van der Waals surface area contributed by atoms with Gasteiger partial charge in [0.05, 0.1) is 15.9 Å². The summed E-state index contributed by atoms with van der Waals surface area (Å²) in [7, 11) is -3.23. The van der Waals surface area contributed by atoms with E-state index in [0.717, 1.165) is 34.6 Å². The Morgan fingerprint density at radius 1 is 1.15 bits per heavy atom. The van der Waals surface area contributed by atoms with Gasteiger partial charge in [0.25, 0.3) is 0 Å². The van der Waals surface area contributed by atoms with E-state index in [4.69, 9.17) is 0 Å². The van der Waals surface area contributed by atoms with Crippen molar-refractivity contribution in [2.45, 2.75) is 22.9 Å². The third kappa shape index (κ3) is 4.86. The van der Waals surface area contributed by atoms with E-state index < -0.39 is 9.84 Å². The Morgan fingerprint density at radius 3 is 2.58 bits per heavy atom. The molecule has 0 aliphatic rings. The maximum atomic E-state index is 12.0. The van der Waals surface area contributed by atoms with Crippen molar-refractivity contribution in [3.05, 3.63) is 48.5 Å². The number of hydrogen-bond donors (Lipinski definition) is 2. The van der Waals surface area contributed by atoms with E-state index in [1.807, 2.05) is 24.3 Å². The topological polar surface area (TPSA) is 91.9 Å². The van der Waals surface area contributed by atoms with Gasteiger partial charge in [-0.25, -0.2) is 13.4 Å². The van der Waals surface area contributed by atoms with Crippen molar-refractivity contribution in [3.8, 4) is 0 Å². The molecule has 8 heteroatoms. The highest BCUT2D eigenvalue weighted by Crippen LogP contribution is 2.20. The number of thioether (sulfide) groups is 1. The van der Waals surface area contributed by atoms with Crippen LogP contribution in [0.2, 0.25) is 0 Å². The minimum absolute atomic E-state index is 0.0951. The molecule has 3 rings (SSSR count). The highest BCUT2D eigenvalue weighted by Gasteiger charge is 2.08. The van der Waals surface area contributed by atoms with Crippen LogP contribution in [0.1, 0.15) is 12.8 Å². The minimum atomic E-state index is -3.23.